The molecule has 0 atom stereocenters. The number of carbonyl (C=O) groups is 2. The van der Waals surface area contributed by atoms with E-state index in [-0.39, 0.29) is 11.0 Å². The van der Waals surface area contributed by atoms with Crippen LogP contribution in [0.3, 0.4) is 0 Å². The average molecular weight is 248 g/mol. The van der Waals surface area contributed by atoms with Crippen LogP contribution in [0.1, 0.15) is 25.1 Å². The maximum Gasteiger partial charge on any atom is 0.248 e. The number of rotatable bonds is 2. The van der Waals surface area contributed by atoms with Crippen LogP contribution in [-0.2, 0) is 4.79 Å². The zero-order valence-electron chi connectivity index (χ0n) is 7.64. The number of aromatic nitrogens is 2. The van der Waals surface area contributed by atoms with Crippen LogP contribution in [0, 0.1) is 3.95 Å². The minimum Gasteiger partial charge on any atom is -0.287 e. The summed E-state index contributed by atoms with van der Waals surface area (Å²) in [6, 6.07) is 0. The van der Waals surface area contributed by atoms with Crippen molar-refractivity contribution in [3.05, 3.63) is 3.95 Å². The second kappa shape index (κ2) is 4.81. The SMILES string of the molecule is CCC(=O)n1nc(SC(C)=O)sc1=S. The number of hydrogen-bond acceptors (Lipinski definition) is 6. The molecule has 0 aliphatic carbocycles. The molecule has 4 nitrogen and oxygen atoms in total. The summed E-state index contributed by atoms with van der Waals surface area (Å²) in [7, 11) is 0. The van der Waals surface area contributed by atoms with Gasteiger partial charge in [0.1, 0.15) is 0 Å². The van der Waals surface area contributed by atoms with E-state index in [1.807, 2.05) is 0 Å². The van der Waals surface area contributed by atoms with Crippen LogP contribution in [-0.4, -0.2) is 20.8 Å². The first kappa shape index (κ1) is 11.5. The normalized spacial score (nSPS) is 10.1. The summed E-state index contributed by atoms with van der Waals surface area (Å²) in [6.45, 7) is 3.18. The summed E-state index contributed by atoms with van der Waals surface area (Å²) in [5.74, 6) is -0.151. The van der Waals surface area contributed by atoms with Gasteiger partial charge in [0.2, 0.25) is 5.91 Å². The summed E-state index contributed by atoms with van der Waals surface area (Å²) in [5.41, 5.74) is 0. The molecule has 0 N–H and O–H groups in total. The summed E-state index contributed by atoms with van der Waals surface area (Å²) in [6.07, 6.45) is 0.349. The number of thioether (sulfide) groups is 1. The quantitative estimate of drug-likeness (QED) is 0.594. The second-order valence-electron chi connectivity index (χ2n) is 2.39. The first-order valence-electron chi connectivity index (χ1n) is 3.86. The monoisotopic (exact) mass is 248 g/mol. The number of hydrogen-bond donors (Lipinski definition) is 0. The van der Waals surface area contributed by atoms with Crippen molar-refractivity contribution in [3.63, 3.8) is 0 Å². The van der Waals surface area contributed by atoms with E-state index in [0.717, 1.165) is 11.8 Å². The Kier molecular flexibility index (Phi) is 3.97. The van der Waals surface area contributed by atoms with Gasteiger partial charge in [-0.25, -0.2) is 0 Å². The van der Waals surface area contributed by atoms with Gasteiger partial charge in [-0.1, -0.05) is 18.3 Å². The molecule has 7 heteroatoms. The lowest BCUT2D eigenvalue weighted by molar-refractivity contribution is -0.109. The van der Waals surface area contributed by atoms with Crippen molar-refractivity contribution in [2.45, 2.75) is 24.6 Å². The number of nitrogens with zero attached hydrogens (tertiary/aromatic N) is 2. The van der Waals surface area contributed by atoms with E-state index in [1.54, 1.807) is 6.92 Å². The third-order valence-corrected chi connectivity index (χ3v) is 3.37. The molecule has 1 aromatic rings. The molecule has 76 valence electrons. The molecule has 0 spiro atoms. The molecule has 0 amide bonds. The first-order chi connectivity index (χ1) is 6.54. The van der Waals surface area contributed by atoms with Gasteiger partial charge in [-0.15, -0.1) is 5.10 Å². The third kappa shape index (κ3) is 2.73. The van der Waals surface area contributed by atoms with E-state index in [9.17, 15) is 9.59 Å². The Bertz CT molecular complexity index is 421. The van der Waals surface area contributed by atoms with Crippen molar-refractivity contribution in [2.75, 3.05) is 0 Å². The molecule has 1 aromatic heterocycles. The lowest BCUT2D eigenvalue weighted by Crippen LogP contribution is -2.10. The van der Waals surface area contributed by atoms with Crippen molar-refractivity contribution < 1.29 is 9.59 Å². The molecular weight excluding hydrogens is 240 g/mol. The highest BCUT2D eigenvalue weighted by Gasteiger charge is 2.10. The van der Waals surface area contributed by atoms with Gasteiger partial charge in [-0.2, -0.15) is 4.68 Å². The maximum absolute atomic E-state index is 11.3. The Morgan fingerprint density at radius 3 is 2.79 bits per heavy atom. The summed E-state index contributed by atoms with van der Waals surface area (Å²) >= 11 is 7.11. The molecule has 0 bridgehead atoms. The molecule has 14 heavy (non-hydrogen) atoms. The van der Waals surface area contributed by atoms with E-state index < -0.39 is 0 Å². The van der Waals surface area contributed by atoms with E-state index >= 15 is 0 Å². The Balaban J connectivity index is 2.99. The van der Waals surface area contributed by atoms with Gasteiger partial charge in [0.15, 0.2) is 13.4 Å². The van der Waals surface area contributed by atoms with Crippen LogP contribution < -0.4 is 0 Å². The molecule has 0 saturated heterocycles. The van der Waals surface area contributed by atoms with Crippen LogP contribution in [0.5, 0.6) is 0 Å². The fourth-order valence-electron chi connectivity index (χ4n) is 0.732. The summed E-state index contributed by atoms with van der Waals surface area (Å²) in [4.78, 5) is 22.1. The van der Waals surface area contributed by atoms with Crippen LogP contribution in [0.25, 0.3) is 0 Å². The summed E-state index contributed by atoms with van der Waals surface area (Å²) < 4.78 is 2.08. The molecular formula is C7H8N2O2S3. The minimum absolute atomic E-state index is 0.0650. The van der Waals surface area contributed by atoms with Gasteiger partial charge in [0.25, 0.3) is 0 Å². The van der Waals surface area contributed by atoms with Crippen LogP contribution in [0.4, 0.5) is 0 Å². The van der Waals surface area contributed by atoms with Crippen LogP contribution >= 0.6 is 35.3 Å². The van der Waals surface area contributed by atoms with Crippen LogP contribution in [0.2, 0.25) is 0 Å². The maximum atomic E-state index is 11.3. The first-order valence-corrected chi connectivity index (χ1v) is 5.90. The Labute approximate surface area is 94.3 Å². The lowest BCUT2D eigenvalue weighted by atomic mass is 10.5. The third-order valence-electron chi connectivity index (χ3n) is 1.30. The smallest absolute Gasteiger partial charge is 0.248 e. The fraction of sp³-hybridized carbons (Fsp3) is 0.429. The average Bonchev–Trinajstić information content (AvgIpc) is 2.44. The summed E-state index contributed by atoms with van der Waals surface area (Å²) in [5, 5.41) is 3.88. The molecule has 0 radical (unpaired) electrons. The molecule has 0 fully saturated rings. The zero-order valence-corrected chi connectivity index (χ0v) is 10.1. The number of carbonyl (C=O) groups excluding carboxylic acids is 2. The van der Waals surface area contributed by atoms with Gasteiger partial charge in [-0.05, 0) is 24.0 Å². The largest absolute Gasteiger partial charge is 0.287 e. The topological polar surface area (TPSA) is 52.0 Å². The predicted molar refractivity (Wildman–Crippen MR) is 58.4 cm³/mol. The molecule has 0 unspecified atom stereocenters. The molecule has 1 rings (SSSR count). The Morgan fingerprint density at radius 2 is 2.29 bits per heavy atom. The van der Waals surface area contributed by atoms with E-state index in [2.05, 4.69) is 5.10 Å². The Hall–Kier alpha value is -0.530. The predicted octanol–water partition coefficient (Wildman–Crippen LogP) is 2.36. The van der Waals surface area contributed by atoms with Crippen molar-refractivity contribution in [1.82, 2.24) is 9.78 Å². The van der Waals surface area contributed by atoms with Gasteiger partial charge in [0, 0.05) is 13.3 Å². The van der Waals surface area contributed by atoms with Crippen molar-refractivity contribution >= 4 is 46.3 Å². The zero-order chi connectivity index (χ0) is 10.7. The van der Waals surface area contributed by atoms with Gasteiger partial charge in [-0.3, -0.25) is 9.59 Å². The highest BCUT2D eigenvalue weighted by Crippen LogP contribution is 2.22. The highest BCUT2D eigenvalue weighted by atomic mass is 32.2. The minimum atomic E-state index is -0.151. The van der Waals surface area contributed by atoms with E-state index in [4.69, 9.17) is 12.2 Å². The molecule has 0 aliphatic rings. The van der Waals surface area contributed by atoms with E-state index in [0.29, 0.717) is 14.7 Å². The molecule has 1 heterocycles. The highest BCUT2D eigenvalue weighted by molar-refractivity contribution is 8.14. The molecule has 0 aliphatic heterocycles. The Morgan fingerprint density at radius 1 is 1.64 bits per heavy atom. The fourth-order valence-corrected chi connectivity index (χ4v) is 2.89. The van der Waals surface area contributed by atoms with E-state index in [1.165, 1.54) is 22.9 Å². The lowest BCUT2D eigenvalue weighted by Gasteiger charge is -1.93. The van der Waals surface area contributed by atoms with Gasteiger partial charge >= 0.3 is 0 Å². The molecule has 0 aromatic carbocycles. The molecule has 0 saturated carbocycles. The van der Waals surface area contributed by atoms with Crippen LogP contribution in [0.15, 0.2) is 4.34 Å². The second-order valence-corrected chi connectivity index (χ2v) is 5.43. The van der Waals surface area contributed by atoms with Gasteiger partial charge < -0.3 is 0 Å². The van der Waals surface area contributed by atoms with Crippen molar-refractivity contribution in [1.29, 1.82) is 0 Å². The van der Waals surface area contributed by atoms with Crippen molar-refractivity contribution in [2.24, 2.45) is 0 Å². The van der Waals surface area contributed by atoms with Gasteiger partial charge in [0.05, 0.1) is 0 Å². The standard InChI is InChI=1S/C7H8N2O2S3/c1-3-5(11)9-7(12)14-6(8-9)13-4(2)10/h3H2,1-2H3. The van der Waals surface area contributed by atoms with Crippen molar-refractivity contribution in [3.8, 4) is 0 Å².